The highest BCUT2D eigenvalue weighted by Crippen LogP contribution is 2.30. The van der Waals surface area contributed by atoms with Gasteiger partial charge in [0.2, 0.25) is 5.91 Å². The number of rotatable bonds is 4. The summed E-state index contributed by atoms with van der Waals surface area (Å²) in [7, 11) is 1.65. The summed E-state index contributed by atoms with van der Waals surface area (Å²) in [5.74, 6) is 0.880. The Bertz CT molecular complexity index is 997. The maximum atomic E-state index is 12.8. The van der Waals surface area contributed by atoms with E-state index in [4.69, 9.17) is 9.47 Å². The summed E-state index contributed by atoms with van der Waals surface area (Å²) < 4.78 is 12.7. The molecule has 1 aliphatic rings. The van der Waals surface area contributed by atoms with E-state index in [9.17, 15) is 4.79 Å². The van der Waals surface area contributed by atoms with Gasteiger partial charge in [0.1, 0.15) is 5.75 Å². The van der Waals surface area contributed by atoms with Crippen LogP contribution in [-0.4, -0.2) is 64.1 Å². The van der Waals surface area contributed by atoms with Crippen LogP contribution in [0.5, 0.6) is 5.75 Å². The summed E-state index contributed by atoms with van der Waals surface area (Å²) in [6, 6.07) is 7.99. The van der Waals surface area contributed by atoms with E-state index in [0.29, 0.717) is 31.5 Å². The topological polar surface area (TPSA) is 69.0 Å². The first-order chi connectivity index (χ1) is 13.1. The fraction of sp³-hybridized carbons (Fsp3) is 0.421. The van der Waals surface area contributed by atoms with E-state index >= 15 is 0 Å². The average Bonchev–Trinajstić information content (AvgIpc) is 3.10. The third-order valence-corrected chi connectivity index (χ3v) is 5.86. The summed E-state index contributed by atoms with van der Waals surface area (Å²) in [6.45, 7) is 6.45. The second-order valence-electron chi connectivity index (χ2n) is 6.58. The van der Waals surface area contributed by atoms with Crippen molar-refractivity contribution in [2.75, 3.05) is 33.4 Å². The lowest BCUT2D eigenvalue weighted by Crippen LogP contribution is -2.44. The van der Waals surface area contributed by atoms with E-state index in [1.165, 1.54) is 11.8 Å². The van der Waals surface area contributed by atoms with Crippen molar-refractivity contribution in [3.63, 3.8) is 0 Å². The van der Waals surface area contributed by atoms with Gasteiger partial charge in [-0.25, -0.2) is 0 Å². The van der Waals surface area contributed by atoms with Crippen molar-refractivity contribution in [1.82, 2.24) is 19.5 Å². The third-order valence-electron chi connectivity index (χ3n) is 4.83. The Morgan fingerprint density at radius 1 is 1.26 bits per heavy atom. The molecule has 4 rings (SSSR count). The number of thioether (sulfide) groups is 1. The number of hydrogen-bond donors (Lipinski definition) is 0. The molecule has 1 atom stereocenters. The predicted molar refractivity (Wildman–Crippen MR) is 105 cm³/mol. The minimum Gasteiger partial charge on any atom is -0.497 e. The number of fused-ring (bicyclic) bond motifs is 3. The number of pyridine rings is 1. The number of hydrogen-bond acceptors (Lipinski definition) is 6. The largest absolute Gasteiger partial charge is 0.497 e. The molecule has 142 valence electrons. The van der Waals surface area contributed by atoms with E-state index < -0.39 is 0 Å². The van der Waals surface area contributed by atoms with E-state index in [2.05, 4.69) is 17.1 Å². The second-order valence-corrected chi connectivity index (χ2v) is 7.89. The lowest BCUT2D eigenvalue weighted by Gasteiger charge is -2.28. The zero-order valence-corrected chi connectivity index (χ0v) is 16.5. The summed E-state index contributed by atoms with van der Waals surface area (Å²) >= 11 is 1.43. The molecule has 1 aliphatic heterocycles. The quantitative estimate of drug-likeness (QED) is 0.642. The van der Waals surface area contributed by atoms with E-state index in [-0.39, 0.29) is 11.2 Å². The number of ether oxygens (including phenoxy) is 2. The Balaban J connectivity index is 1.71. The van der Waals surface area contributed by atoms with Crippen LogP contribution in [0.2, 0.25) is 0 Å². The first-order valence-electron chi connectivity index (χ1n) is 8.94. The molecule has 0 aliphatic carbocycles. The van der Waals surface area contributed by atoms with Gasteiger partial charge in [0, 0.05) is 24.5 Å². The molecule has 1 aromatic carbocycles. The van der Waals surface area contributed by atoms with Crippen molar-refractivity contribution in [2.45, 2.75) is 24.3 Å². The maximum absolute atomic E-state index is 12.8. The second kappa shape index (κ2) is 7.36. The average molecular weight is 386 g/mol. The third kappa shape index (κ3) is 3.35. The van der Waals surface area contributed by atoms with Crippen LogP contribution in [0, 0.1) is 6.92 Å². The van der Waals surface area contributed by atoms with Crippen molar-refractivity contribution < 1.29 is 14.3 Å². The Kier molecular flexibility index (Phi) is 4.92. The Morgan fingerprint density at radius 3 is 2.78 bits per heavy atom. The van der Waals surface area contributed by atoms with Crippen LogP contribution in [0.3, 0.4) is 0 Å². The maximum Gasteiger partial charge on any atom is 0.236 e. The zero-order valence-electron chi connectivity index (χ0n) is 15.6. The first kappa shape index (κ1) is 18.1. The molecule has 1 fully saturated rings. The van der Waals surface area contributed by atoms with Crippen molar-refractivity contribution in [1.29, 1.82) is 0 Å². The highest BCUT2D eigenvalue weighted by molar-refractivity contribution is 8.00. The summed E-state index contributed by atoms with van der Waals surface area (Å²) in [4.78, 5) is 14.6. The number of benzene rings is 1. The summed E-state index contributed by atoms with van der Waals surface area (Å²) in [5, 5.41) is 10.2. The molecule has 27 heavy (non-hydrogen) atoms. The number of carbonyl (C=O) groups is 1. The van der Waals surface area contributed by atoms with Crippen molar-refractivity contribution in [3.05, 3.63) is 29.8 Å². The van der Waals surface area contributed by atoms with E-state index in [0.717, 1.165) is 27.9 Å². The molecule has 0 bridgehead atoms. The molecular weight excluding hydrogens is 364 g/mol. The van der Waals surface area contributed by atoms with Crippen LogP contribution in [-0.2, 0) is 9.53 Å². The van der Waals surface area contributed by atoms with Crippen molar-refractivity contribution >= 4 is 34.2 Å². The number of carbonyl (C=O) groups excluding carboxylic acids is 1. The zero-order chi connectivity index (χ0) is 19.0. The van der Waals surface area contributed by atoms with Crippen LogP contribution in [0.1, 0.15) is 12.5 Å². The normalized spacial score (nSPS) is 16.0. The van der Waals surface area contributed by atoms with Gasteiger partial charge in [-0.1, -0.05) is 11.8 Å². The monoisotopic (exact) mass is 386 g/mol. The molecule has 0 saturated carbocycles. The Labute approximate surface area is 161 Å². The minimum atomic E-state index is -0.252. The SMILES string of the molecule is COc1ccc2c(C)cc3nnc(SC(C)C(=O)N4CCOCC4)n3c2c1. The highest BCUT2D eigenvalue weighted by atomic mass is 32.2. The van der Waals surface area contributed by atoms with Gasteiger partial charge < -0.3 is 14.4 Å². The Morgan fingerprint density at radius 2 is 2.04 bits per heavy atom. The molecule has 1 amide bonds. The molecule has 1 saturated heterocycles. The fourth-order valence-corrected chi connectivity index (χ4v) is 4.31. The molecule has 2 aromatic heterocycles. The number of aromatic nitrogens is 3. The van der Waals surface area contributed by atoms with Crippen LogP contribution < -0.4 is 4.74 Å². The van der Waals surface area contributed by atoms with Crippen LogP contribution in [0.25, 0.3) is 16.6 Å². The standard InChI is InChI=1S/C19H22N4O3S/c1-12-10-17-20-21-19(23(17)16-11-14(25-3)4-5-15(12)16)27-13(2)18(24)22-6-8-26-9-7-22/h4-5,10-11,13H,6-9H2,1-3H3. The molecule has 0 N–H and O–H groups in total. The Hall–Kier alpha value is -2.32. The van der Waals surface area contributed by atoms with Gasteiger partial charge in [-0.15, -0.1) is 10.2 Å². The molecule has 3 heterocycles. The van der Waals surface area contributed by atoms with Gasteiger partial charge in [-0.05, 0) is 37.6 Å². The lowest BCUT2D eigenvalue weighted by atomic mass is 10.1. The molecule has 0 spiro atoms. The van der Waals surface area contributed by atoms with Gasteiger partial charge in [0.05, 0.1) is 31.1 Å². The van der Waals surface area contributed by atoms with E-state index in [1.54, 1.807) is 7.11 Å². The van der Waals surface area contributed by atoms with Crippen LogP contribution >= 0.6 is 11.8 Å². The molecule has 7 nitrogen and oxygen atoms in total. The van der Waals surface area contributed by atoms with Gasteiger partial charge in [-0.3, -0.25) is 9.20 Å². The number of morpholine rings is 1. The smallest absolute Gasteiger partial charge is 0.236 e. The molecule has 1 unspecified atom stereocenters. The minimum absolute atomic E-state index is 0.106. The van der Waals surface area contributed by atoms with Crippen LogP contribution in [0.4, 0.5) is 0 Å². The predicted octanol–water partition coefficient (Wildman–Crippen LogP) is 2.54. The number of nitrogens with zero attached hydrogens (tertiary/aromatic N) is 4. The highest BCUT2D eigenvalue weighted by Gasteiger charge is 2.25. The molecule has 0 radical (unpaired) electrons. The molecular formula is C19H22N4O3S. The van der Waals surface area contributed by atoms with Crippen LogP contribution in [0.15, 0.2) is 29.4 Å². The van der Waals surface area contributed by atoms with Gasteiger partial charge >= 0.3 is 0 Å². The first-order valence-corrected chi connectivity index (χ1v) is 9.82. The molecule has 8 heteroatoms. The summed E-state index contributed by atoms with van der Waals surface area (Å²) in [6.07, 6.45) is 0. The van der Waals surface area contributed by atoms with E-state index in [1.807, 2.05) is 40.5 Å². The number of aryl methyl sites for hydroxylation is 1. The number of amides is 1. The summed E-state index contributed by atoms with van der Waals surface area (Å²) in [5.41, 5.74) is 2.87. The fourth-order valence-electron chi connectivity index (χ4n) is 3.36. The van der Waals surface area contributed by atoms with Crippen molar-refractivity contribution in [2.24, 2.45) is 0 Å². The number of methoxy groups -OCH3 is 1. The van der Waals surface area contributed by atoms with Gasteiger partial charge in [-0.2, -0.15) is 0 Å². The van der Waals surface area contributed by atoms with Gasteiger partial charge in [0.25, 0.3) is 0 Å². The van der Waals surface area contributed by atoms with Crippen molar-refractivity contribution in [3.8, 4) is 5.75 Å². The molecule has 3 aromatic rings. The lowest BCUT2D eigenvalue weighted by molar-refractivity contribution is -0.134. The van der Waals surface area contributed by atoms with Gasteiger partial charge in [0.15, 0.2) is 10.8 Å².